The van der Waals surface area contributed by atoms with Crippen molar-refractivity contribution in [1.29, 1.82) is 0 Å². The molecule has 0 heterocycles. The predicted molar refractivity (Wildman–Crippen MR) is 85.4 cm³/mol. The van der Waals surface area contributed by atoms with Crippen LogP contribution < -0.4 is 10.1 Å². The molecule has 0 fully saturated rings. The lowest BCUT2D eigenvalue weighted by atomic mass is 10.3. The maximum atomic E-state index is 12.7. The number of halogens is 1. The smallest absolute Gasteiger partial charge is 0.193 e. The molecule has 0 unspecified atom stereocenters. The molecule has 0 saturated carbocycles. The van der Waals surface area contributed by atoms with Gasteiger partial charge in [0.25, 0.3) is 0 Å². The molecule has 0 spiro atoms. The molecular formula is C16H26FN3O. The first-order chi connectivity index (χ1) is 10.2. The third kappa shape index (κ3) is 6.97. The highest BCUT2D eigenvalue weighted by molar-refractivity contribution is 5.79. The molecule has 1 N–H and O–H groups in total. The second kappa shape index (κ2) is 10.0. The second-order valence-corrected chi connectivity index (χ2v) is 4.91. The first-order valence-corrected chi connectivity index (χ1v) is 7.47. The summed E-state index contributed by atoms with van der Waals surface area (Å²) in [5.41, 5.74) is 0. The molecule has 0 radical (unpaired) electrons. The Hall–Kier alpha value is -1.78. The van der Waals surface area contributed by atoms with Gasteiger partial charge in [-0.25, -0.2) is 4.39 Å². The van der Waals surface area contributed by atoms with Crippen LogP contribution in [0.2, 0.25) is 0 Å². The minimum Gasteiger partial charge on any atom is -0.494 e. The summed E-state index contributed by atoms with van der Waals surface area (Å²) in [5.74, 6) is 1.36. The Kier molecular flexibility index (Phi) is 8.24. The van der Waals surface area contributed by atoms with Gasteiger partial charge in [-0.05, 0) is 37.1 Å². The zero-order valence-electron chi connectivity index (χ0n) is 13.2. The zero-order valence-corrected chi connectivity index (χ0v) is 13.2. The van der Waals surface area contributed by atoms with Crippen LogP contribution in [-0.4, -0.2) is 44.7 Å². The standard InChI is InChI=1S/C16H26FN3O/c1-4-5-12-20(3)16(18-2)19-11-6-13-21-15-9-7-14(17)8-10-15/h7-10H,4-6,11-13H2,1-3H3,(H,18,19). The van der Waals surface area contributed by atoms with Gasteiger partial charge in [-0.15, -0.1) is 0 Å². The molecular weight excluding hydrogens is 269 g/mol. The molecule has 0 saturated heterocycles. The number of guanidine groups is 1. The van der Waals surface area contributed by atoms with Crippen LogP contribution >= 0.6 is 0 Å². The van der Waals surface area contributed by atoms with E-state index in [0.717, 1.165) is 31.9 Å². The summed E-state index contributed by atoms with van der Waals surface area (Å²) in [5, 5.41) is 3.31. The summed E-state index contributed by atoms with van der Waals surface area (Å²) in [7, 11) is 3.83. The SMILES string of the molecule is CCCCN(C)C(=NC)NCCCOc1ccc(F)cc1. The molecule has 1 rings (SSSR count). The quantitative estimate of drug-likeness (QED) is 0.455. The number of nitrogens with one attached hydrogen (secondary N) is 1. The van der Waals surface area contributed by atoms with E-state index in [0.29, 0.717) is 12.4 Å². The fourth-order valence-corrected chi connectivity index (χ4v) is 1.88. The van der Waals surface area contributed by atoms with E-state index in [2.05, 4.69) is 22.1 Å². The van der Waals surface area contributed by atoms with Crippen molar-refractivity contribution in [3.8, 4) is 5.75 Å². The van der Waals surface area contributed by atoms with Gasteiger partial charge in [-0.3, -0.25) is 4.99 Å². The highest BCUT2D eigenvalue weighted by Gasteiger charge is 2.04. The molecule has 0 aliphatic heterocycles. The first kappa shape index (κ1) is 17.3. The maximum absolute atomic E-state index is 12.7. The van der Waals surface area contributed by atoms with Crippen LogP contribution in [0.5, 0.6) is 5.75 Å². The normalized spacial score (nSPS) is 11.3. The molecule has 0 amide bonds. The number of rotatable bonds is 8. The van der Waals surface area contributed by atoms with E-state index >= 15 is 0 Å². The summed E-state index contributed by atoms with van der Waals surface area (Å²) >= 11 is 0. The number of hydrogen-bond donors (Lipinski definition) is 1. The highest BCUT2D eigenvalue weighted by atomic mass is 19.1. The van der Waals surface area contributed by atoms with E-state index in [4.69, 9.17) is 4.74 Å². The van der Waals surface area contributed by atoms with Crippen molar-refractivity contribution >= 4 is 5.96 Å². The summed E-state index contributed by atoms with van der Waals surface area (Å²) in [4.78, 5) is 6.38. The van der Waals surface area contributed by atoms with Crippen molar-refractivity contribution in [3.63, 3.8) is 0 Å². The summed E-state index contributed by atoms with van der Waals surface area (Å²) < 4.78 is 18.3. The number of ether oxygens (including phenoxy) is 1. The number of benzene rings is 1. The first-order valence-electron chi connectivity index (χ1n) is 7.47. The number of unbranched alkanes of at least 4 members (excludes halogenated alkanes) is 1. The van der Waals surface area contributed by atoms with Crippen molar-refractivity contribution in [3.05, 3.63) is 30.1 Å². The molecule has 0 aliphatic carbocycles. The van der Waals surface area contributed by atoms with Crippen molar-refractivity contribution in [1.82, 2.24) is 10.2 Å². The molecule has 21 heavy (non-hydrogen) atoms. The third-order valence-corrected chi connectivity index (χ3v) is 3.11. The monoisotopic (exact) mass is 295 g/mol. The lowest BCUT2D eigenvalue weighted by Crippen LogP contribution is -2.40. The van der Waals surface area contributed by atoms with Crippen molar-refractivity contribution < 1.29 is 9.13 Å². The summed E-state index contributed by atoms with van der Waals surface area (Å²) in [6, 6.07) is 6.08. The maximum Gasteiger partial charge on any atom is 0.193 e. The molecule has 118 valence electrons. The van der Waals surface area contributed by atoms with E-state index < -0.39 is 0 Å². The Balaban J connectivity index is 2.18. The van der Waals surface area contributed by atoms with Crippen LogP contribution in [0.3, 0.4) is 0 Å². The van der Waals surface area contributed by atoms with Crippen LogP contribution in [0.15, 0.2) is 29.3 Å². The van der Waals surface area contributed by atoms with Crippen LogP contribution in [0, 0.1) is 5.82 Å². The Morgan fingerprint density at radius 3 is 2.62 bits per heavy atom. The average molecular weight is 295 g/mol. The van der Waals surface area contributed by atoms with E-state index in [1.165, 1.54) is 18.6 Å². The van der Waals surface area contributed by atoms with E-state index in [1.807, 2.05) is 7.05 Å². The van der Waals surface area contributed by atoms with Gasteiger partial charge in [-0.1, -0.05) is 13.3 Å². The van der Waals surface area contributed by atoms with Gasteiger partial charge >= 0.3 is 0 Å². The molecule has 1 aromatic carbocycles. The van der Waals surface area contributed by atoms with Gasteiger partial charge in [0.15, 0.2) is 5.96 Å². The van der Waals surface area contributed by atoms with Gasteiger partial charge in [0.2, 0.25) is 0 Å². The molecule has 5 heteroatoms. The predicted octanol–water partition coefficient (Wildman–Crippen LogP) is 2.90. The molecule has 4 nitrogen and oxygen atoms in total. The Morgan fingerprint density at radius 2 is 2.00 bits per heavy atom. The summed E-state index contributed by atoms with van der Waals surface area (Å²) in [6.45, 7) is 4.57. The third-order valence-electron chi connectivity index (χ3n) is 3.11. The minimum absolute atomic E-state index is 0.247. The van der Waals surface area contributed by atoms with Gasteiger partial charge in [-0.2, -0.15) is 0 Å². The molecule has 0 bridgehead atoms. The van der Waals surface area contributed by atoms with E-state index in [9.17, 15) is 4.39 Å². The van der Waals surface area contributed by atoms with Gasteiger partial charge in [0, 0.05) is 27.2 Å². The van der Waals surface area contributed by atoms with Crippen molar-refractivity contribution in [2.45, 2.75) is 26.2 Å². The van der Waals surface area contributed by atoms with Gasteiger partial charge < -0.3 is 15.0 Å². The Bertz CT molecular complexity index is 420. The number of nitrogens with zero attached hydrogens (tertiary/aromatic N) is 2. The zero-order chi connectivity index (χ0) is 15.5. The highest BCUT2D eigenvalue weighted by Crippen LogP contribution is 2.10. The van der Waals surface area contributed by atoms with Crippen LogP contribution in [0.4, 0.5) is 4.39 Å². The lowest BCUT2D eigenvalue weighted by molar-refractivity contribution is 0.310. The minimum atomic E-state index is -0.247. The number of aliphatic imine (C=N–C) groups is 1. The van der Waals surface area contributed by atoms with Crippen molar-refractivity contribution in [2.24, 2.45) is 4.99 Å². The number of hydrogen-bond acceptors (Lipinski definition) is 2. The van der Waals surface area contributed by atoms with Gasteiger partial charge in [0.05, 0.1) is 6.61 Å². The van der Waals surface area contributed by atoms with Gasteiger partial charge in [0.1, 0.15) is 11.6 Å². The Labute approximate surface area is 127 Å². The largest absolute Gasteiger partial charge is 0.494 e. The lowest BCUT2D eigenvalue weighted by Gasteiger charge is -2.21. The van der Waals surface area contributed by atoms with E-state index in [1.54, 1.807) is 19.2 Å². The van der Waals surface area contributed by atoms with Crippen LogP contribution in [-0.2, 0) is 0 Å². The summed E-state index contributed by atoms with van der Waals surface area (Å²) in [6.07, 6.45) is 3.19. The van der Waals surface area contributed by atoms with E-state index in [-0.39, 0.29) is 5.82 Å². The fourth-order valence-electron chi connectivity index (χ4n) is 1.88. The molecule has 0 atom stereocenters. The van der Waals surface area contributed by atoms with Crippen LogP contribution in [0.1, 0.15) is 26.2 Å². The van der Waals surface area contributed by atoms with Crippen LogP contribution in [0.25, 0.3) is 0 Å². The fraction of sp³-hybridized carbons (Fsp3) is 0.562. The topological polar surface area (TPSA) is 36.9 Å². The Morgan fingerprint density at radius 1 is 1.29 bits per heavy atom. The molecule has 0 aromatic heterocycles. The second-order valence-electron chi connectivity index (χ2n) is 4.91. The molecule has 0 aliphatic rings. The van der Waals surface area contributed by atoms with Crippen molar-refractivity contribution in [2.75, 3.05) is 33.8 Å². The molecule has 1 aromatic rings. The average Bonchev–Trinajstić information content (AvgIpc) is 2.50.